The largest absolute Gasteiger partial charge is 0.379 e. The highest BCUT2D eigenvalue weighted by atomic mass is 35.5. The number of nitrogens with zero attached hydrogens (tertiary/aromatic N) is 3. The van der Waals surface area contributed by atoms with Crippen LogP contribution in [-0.4, -0.2) is 14.5 Å². The summed E-state index contributed by atoms with van der Waals surface area (Å²) in [4.78, 5) is 9.83. The van der Waals surface area contributed by atoms with Gasteiger partial charge in [0.25, 0.3) is 0 Å². The van der Waals surface area contributed by atoms with Crippen molar-refractivity contribution in [2.45, 2.75) is 13.5 Å². The van der Waals surface area contributed by atoms with Crippen LogP contribution in [0.2, 0.25) is 5.02 Å². The second-order valence-electron chi connectivity index (χ2n) is 4.33. The van der Waals surface area contributed by atoms with Gasteiger partial charge < -0.3 is 5.32 Å². The Balaban J connectivity index is 1.69. The molecule has 6 heteroatoms. The summed E-state index contributed by atoms with van der Waals surface area (Å²) in [5.41, 5.74) is 0.982. The average Bonchev–Trinajstić information content (AvgIpc) is 3.06. The van der Waals surface area contributed by atoms with Crippen molar-refractivity contribution < 1.29 is 0 Å². The zero-order valence-corrected chi connectivity index (χ0v) is 12.4. The van der Waals surface area contributed by atoms with Crippen molar-refractivity contribution in [3.05, 3.63) is 57.9 Å². The zero-order valence-electron chi connectivity index (χ0n) is 10.9. The Kier molecular flexibility index (Phi) is 3.71. The Morgan fingerprint density at radius 2 is 2.25 bits per heavy atom. The number of anilines is 1. The first-order valence-corrected chi connectivity index (χ1v) is 7.41. The van der Waals surface area contributed by atoms with Crippen LogP contribution in [-0.2, 0) is 6.54 Å². The van der Waals surface area contributed by atoms with Gasteiger partial charge in [0.1, 0.15) is 11.6 Å². The maximum atomic E-state index is 5.90. The smallest absolute Gasteiger partial charge is 0.138 e. The lowest BCUT2D eigenvalue weighted by atomic mass is 10.3. The van der Waals surface area contributed by atoms with Gasteiger partial charge in [-0.1, -0.05) is 11.6 Å². The number of thiophene rings is 1. The van der Waals surface area contributed by atoms with E-state index < -0.39 is 0 Å². The maximum absolute atomic E-state index is 5.90. The van der Waals surface area contributed by atoms with E-state index in [-0.39, 0.29) is 0 Å². The number of imidazole rings is 1. The third-order valence-electron chi connectivity index (χ3n) is 2.91. The third-order valence-corrected chi connectivity index (χ3v) is 4.19. The Bertz CT molecular complexity index is 702. The molecule has 0 amide bonds. The predicted molar refractivity (Wildman–Crippen MR) is 82.8 cm³/mol. The molecule has 3 aromatic heterocycles. The molecule has 0 unspecified atom stereocenters. The van der Waals surface area contributed by atoms with Gasteiger partial charge in [0.05, 0.1) is 16.9 Å². The van der Waals surface area contributed by atoms with E-state index in [2.05, 4.69) is 15.3 Å². The standard InChI is InChI=1S/C14H13ClN4S/c1-10-16-4-5-19(10)14-3-2-12(7-18-14)17-8-13-6-11(15)9-20-13/h2-7,9,17H,8H2,1H3. The number of hydrogen-bond donors (Lipinski definition) is 1. The maximum Gasteiger partial charge on any atom is 0.138 e. The highest BCUT2D eigenvalue weighted by Gasteiger charge is 2.02. The summed E-state index contributed by atoms with van der Waals surface area (Å²) in [6.45, 7) is 2.71. The molecule has 0 aliphatic heterocycles. The summed E-state index contributed by atoms with van der Waals surface area (Å²) in [6.07, 6.45) is 5.49. The van der Waals surface area contributed by atoms with E-state index in [1.807, 2.05) is 47.5 Å². The molecule has 0 saturated carbocycles. The van der Waals surface area contributed by atoms with Gasteiger partial charge in [-0.15, -0.1) is 11.3 Å². The van der Waals surface area contributed by atoms with Crippen molar-refractivity contribution in [1.82, 2.24) is 14.5 Å². The average molecular weight is 305 g/mol. The van der Waals surface area contributed by atoms with E-state index >= 15 is 0 Å². The molecule has 0 aliphatic carbocycles. The summed E-state index contributed by atoms with van der Waals surface area (Å²) >= 11 is 7.54. The molecule has 0 spiro atoms. The van der Waals surface area contributed by atoms with Gasteiger partial charge in [-0.05, 0) is 25.1 Å². The van der Waals surface area contributed by atoms with Crippen LogP contribution in [0, 0.1) is 6.92 Å². The third kappa shape index (κ3) is 2.84. The van der Waals surface area contributed by atoms with Crippen LogP contribution in [0.15, 0.2) is 42.2 Å². The molecule has 0 bridgehead atoms. The summed E-state index contributed by atoms with van der Waals surface area (Å²) in [5, 5.41) is 6.05. The Morgan fingerprint density at radius 1 is 1.35 bits per heavy atom. The van der Waals surface area contributed by atoms with Gasteiger partial charge in [0.15, 0.2) is 0 Å². The van der Waals surface area contributed by atoms with Gasteiger partial charge in [0.2, 0.25) is 0 Å². The number of hydrogen-bond acceptors (Lipinski definition) is 4. The SMILES string of the molecule is Cc1nccn1-c1ccc(NCc2cc(Cl)cs2)cn1. The first-order chi connectivity index (χ1) is 9.72. The minimum Gasteiger partial charge on any atom is -0.379 e. The Hall–Kier alpha value is -1.85. The lowest BCUT2D eigenvalue weighted by Crippen LogP contribution is -2.01. The van der Waals surface area contributed by atoms with Crippen molar-refractivity contribution in [1.29, 1.82) is 0 Å². The molecular formula is C14H13ClN4S. The number of halogens is 1. The first-order valence-electron chi connectivity index (χ1n) is 6.15. The molecule has 102 valence electrons. The molecule has 0 aliphatic rings. The molecule has 3 heterocycles. The summed E-state index contributed by atoms with van der Waals surface area (Å²) in [5.74, 6) is 1.79. The first kappa shape index (κ1) is 13.1. The van der Waals surface area contributed by atoms with Gasteiger partial charge in [0, 0.05) is 29.2 Å². The van der Waals surface area contributed by atoms with Crippen LogP contribution < -0.4 is 5.32 Å². The lowest BCUT2D eigenvalue weighted by molar-refractivity contribution is 0.932. The fraction of sp³-hybridized carbons (Fsp3) is 0.143. The Labute approximate surface area is 126 Å². The molecule has 1 N–H and O–H groups in total. The van der Waals surface area contributed by atoms with Crippen LogP contribution in [0.5, 0.6) is 0 Å². The number of aromatic nitrogens is 3. The summed E-state index contributed by atoms with van der Waals surface area (Å²) in [7, 11) is 0. The number of pyridine rings is 1. The van der Waals surface area contributed by atoms with Crippen LogP contribution in [0.3, 0.4) is 0 Å². The fourth-order valence-electron chi connectivity index (χ4n) is 1.89. The highest BCUT2D eigenvalue weighted by Crippen LogP contribution is 2.20. The molecule has 0 radical (unpaired) electrons. The minimum atomic E-state index is 0.752. The summed E-state index contributed by atoms with van der Waals surface area (Å²) < 4.78 is 1.95. The quantitative estimate of drug-likeness (QED) is 0.795. The monoisotopic (exact) mass is 304 g/mol. The van der Waals surface area contributed by atoms with Crippen LogP contribution >= 0.6 is 22.9 Å². The Morgan fingerprint density at radius 3 is 2.85 bits per heavy atom. The van der Waals surface area contributed by atoms with Crippen molar-refractivity contribution >= 4 is 28.6 Å². The van der Waals surface area contributed by atoms with Gasteiger partial charge in [-0.3, -0.25) is 4.57 Å². The van der Waals surface area contributed by atoms with Crippen LogP contribution in [0.1, 0.15) is 10.7 Å². The molecule has 0 atom stereocenters. The van der Waals surface area contributed by atoms with Crippen molar-refractivity contribution in [3.8, 4) is 5.82 Å². The second kappa shape index (κ2) is 5.64. The normalized spacial score (nSPS) is 10.7. The lowest BCUT2D eigenvalue weighted by Gasteiger charge is -2.07. The molecule has 4 nitrogen and oxygen atoms in total. The number of nitrogens with one attached hydrogen (secondary N) is 1. The highest BCUT2D eigenvalue weighted by molar-refractivity contribution is 7.10. The topological polar surface area (TPSA) is 42.7 Å². The molecule has 20 heavy (non-hydrogen) atoms. The molecular weight excluding hydrogens is 292 g/mol. The van der Waals surface area contributed by atoms with E-state index in [0.29, 0.717) is 0 Å². The van der Waals surface area contributed by atoms with Gasteiger partial charge >= 0.3 is 0 Å². The van der Waals surface area contributed by atoms with E-state index in [1.54, 1.807) is 17.5 Å². The van der Waals surface area contributed by atoms with Gasteiger partial charge in [-0.2, -0.15) is 0 Å². The predicted octanol–water partition coefficient (Wildman–Crippen LogP) is 3.90. The molecule has 0 aromatic carbocycles. The zero-order chi connectivity index (χ0) is 13.9. The van der Waals surface area contributed by atoms with Crippen LogP contribution in [0.4, 0.5) is 5.69 Å². The van der Waals surface area contributed by atoms with Gasteiger partial charge in [-0.25, -0.2) is 9.97 Å². The van der Waals surface area contributed by atoms with E-state index in [0.717, 1.165) is 28.9 Å². The minimum absolute atomic E-state index is 0.752. The molecule has 3 rings (SSSR count). The molecule has 0 fully saturated rings. The molecule has 0 saturated heterocycles. The van der Waals surface area contributed by atoms with E-state index in [4.69, 9.17) is 11.6 Å². The van der Waals surface area contributed by atoms with Crippen molar-refractivity contribution in [2.24, 2.45) is 0 Å². The fourth-order valence-corrected chi connectivity index (χ4v) is 2.90. The van der Waals surface area contributed by atoms with Crippen molar-refractivity contribution in [3.63, 3.8) is 0 Å². The number of rotatable bonds is 4. The van der Waals surface area contributed by atoms with E-state index in [1.165, 1.54) is 4.88 Å². The molecule has 3 aromatic rings. The van der Waals surface area contributed by atoms with Crippen molar-refractivity contribution in [2.75, 3.05) is 5.32 Å². The number of aryl methyl sites for hydroxylation is 1. The van der Waals surface area contributed by atoms with E-state index in [9.17, 15) is 0 Å². The van der Waals surface area contributed by atoms with Crippen LogP contribution in [0.25, 0.3) is 5.82 Å². The second-order valence-corrected chi connectivity index (χ2v) is 5.77. The summed E-state index contributed by atoms with van der Waals surface area (Å²) in [6, 6.07) is 5.95.